The van der Waals surface area contributed by atoms with Crippen molar-refractivity contribution in [3.8, 4) is 0 Å². The molecule has 3 N–H and O–H groups in total. The molecule has 5 nitrogen and oxygen atoms in total. The van der Waals surface area contributed by atoms with E-state index >= 15 is 0 Å². The minimum Gasteiger partial charge on any atom is -0.307 e. The molecule has 80 valence electrons. The number of hydrogen-bond donors (Lipinski definition) is 2. The van der Waals surface area contributed by atoms with Crippen LogP contribution in [0.3, 0.4) is 0 Å². The van der Waals surface area contributed by atoms with Gasteiger partial charge >= 0.3 is 0 Å². The zero-order valence-electron chi connectivity index (χ0n) is 8.66. The molecule has 0 radical (unpaired) electrons. The minimum atomic E-state index is 0.0758. The molecule has 0 aliphatic rings. The summed E-state index contributed by atoms with van der Waals surface area (Å²) in [6.07, 6.45) is 1.77. The molecule has 1 heterocycles. The summed E-state index contributed by atoms with van der Waals surface area (Å²) in [5.74, 6) is 5.51. The van der Waals surface area contributed by atoms with Crippen LogP contribution in [0, 0.1) is 0 Å². The van der Waals surface area contributed by atoms with Gasteiger partial charge in [-0.25, -0.2) is 0 Å². The fourth-order valence-corrected chi connectivity index (χ4v) is 2.02. The van der Waals surface area contributed by atoms with Crippen molar-refractivity contribution in [2.24, 2.45) is 12.9 Å². The number of aryl methyl sites for hydroxylation is 1. The third-order valence-electron chi connectivity index (χ3n) is 2.02. The van der Waals surface area contributed by atoms with Crippen LogP contribution in [0.1, 0.15) is 11.7 Å². The second-order valence-electron chi connectivity index (χ2n) is 3.48. The normalized spacial score (nSPS) is 13.6. The van der Waals surface area contributed by atoms with Crippen molar-refractivity contribution in [2.45, 2.75) is 6.04 Å². The highest BCUT2D eigenvalue weighted by molar-refractivity contribution is 9.10. The molecule has 0 saturated carbocycles. The van der Waals surface area contributed by atoms with Gasteiger partial charge in [0.25, 0.3) is 0 Å². The Labute approximate surface area is 92.4 Å². The summed E-state index contributed by atoms with van der Waals surface area (Å²) in [6.45, 7) is 0.828. The van der Waals surface area contributed by atoms with E-state index in [0.717, 1.165) is 16.7 Å². The monoisotopic (exact) mass is 261 g/mol. The highest BCUT2D eigenvalue weighted by Crippen LogP contribution is 2.22. The maximum atomic E-state index is 5.51. The largest absolute Gasteiger partial charge is 0.307 e. The molecule has 1 aromatic heterocycles. The lowest BCUT2D eigenvalue weighted by Gasteiger charge is -2.20. The van der Waals surface area contributed by atoms with Gasteiger partial charge in [-0.05, 0) is 30.0 Å². The van der Waals surface area contributed by atoms with Crippen LogP contribution < -0.4 is 11.3 Å². The van der Waals surface area contributed by atoms with E-state index in [1.807, 2.05) is 25.8 Å². The van der Waals surface area contributed by atoms with Crippen LogP contribution >= 0.6 is 15.9 Å². The Bertz CT molecular complexity index is 276. The van der Waals surface area contributed by atoms with E-state index < -0.39 is 0 Å². The minimum absolute atomic E-state index is 0.0758. The maximum Gasteiger partial charge on any atom is 0.0766 e. The molecule has 0 saturated heterocycles. The molecule has 0 fully saturated rings. The van der Waals surface area contributed by atoms with Gasteiger partial charge < -0.3 is 4.90 Å². The Morgan fingerprint density at radius 2 is 2.36 bits per heavy atom. The first kappa shape index (κ1) is 11.6. The number of nitrogens with two attached hydrogens (primary N) is 1. The van der Waals surface area contributed by atoms with Gasteiger partial charge in [-0.2, -0.15) is 5.10 Å². The summed E-state index contributed by atoms with van der Waals surface area (Å²) in [5, 5.41) is 4.15. The van der Waals surface area contributed by atoms with Crippen molar-refractivity contribution < 1.29 is 0 Å². The lowest BCUT2D eigenvalue weighted by molar-refractivity contribution is 0.334. The molecule has 1 unspecified atom stereocenters. The molecular formula is C8H16BrN5. The highest BCUT2D eigenvalue weighted by Gasteiger charge is 2.17. The lowest BCUT2D eigenvalue weighted by Crippen LogP contribution is -2.36. The molecule has 0 spiro atoms. The average Bonchev–Trinajstić information content (AvgIpc) is 2.43. The van der Waals surface area contributed by atoms with Crippen molar-refractivity contribution in [1.29, 1.82) is 0 Å². The molecule has 1 atom stereocenters. The smallest absolute Gasteiger partial charge is 0.0766 e. The summed E-state index contributed by atoms with van der Waals surface area (Å²) in [6, 6.07) is 0.0758. The van der Waals surface area contributed by atoms with Crippen LogP contribution in [-0.4, -0.2) is 35.3 Å². The molecule has 1 rings (SSSR count). The third kappa shape index (κ3) is 2.54. The quantitative estimate of drug-likeness (QED) is 0.603. The average molecular weight is 262 g/mol. The zero-order valence-corrected chi connectivity index (χ0v) is 10.2. The fraction of sp³-hybridized carbons (Fsp3) is 0.625. The van der Waals surface area contributed by atoms with E-state index in [1.54, 1.807) is 6.20 Å². The van der Waals surface area contributed by atoms with E-state index in [4.69, 9.17) is 5.84 Å². The number of rotatable bonds is 4. The van der Waals surface area contributed by atoms with Crippen molar-refractivity contribution in [1.82, 2.24) is 20.1 Å². The second kappa shape index (κ2) is 4.88. The van der Waals surface area contributed by atoms with E-state index in [0.29, 0.717) is 0 Å². The number of aromatic nitrogens is 2. The number of nitrogens with zero attached hydrogens (tertiary/aromatic N) is 3. The van der Waals surface area contributed by atoms with Crippen molar-refractivity contribution in [2.75, 3.05) is 20.6 Å². The highest BCUT2D eigenvalue weighted by atomic mass is 79.9. The second-order valence-corrected chi connectivity index (χ2v) is 4.34. The van der Waals surface area contributed by atoms with Crippen molar-refractivity contribution in [3.05, 3.63) is 16.4 Å². The van der Waals surface area contributed by atoms with Gasteiger partial charge in [0.05, 0.1) is 22.4 Å². The topological polar surface area (TPSA) is 59.1 Å². The standard InChI is InChI=1S/C8H16BrN5/c1-13(2)5-7(12-10)8-6(9)4-11-14(8)3/h4,7,12H,5,10H2,1-3H3. The first-order valence-corrected chi connectivity index (χ1v) is 5.13. The molecule has 0 aromatic carbocycles. The fourth-order valence-electron chi connectivity index (χ4n) is 1.40. The number of halogens is 1. The Morgan fingerprint density at radius 1 is 1.71 bits per heavy atom. The van der Waals surface area contributed by atoms with Gasteiger partial charge in [0.1, 0.15) is 0 Å². The molecule has 0 bridgehead atoms. The Kier molecular flexibility index (Phi) is 4.06. The molecule has 0 aliphatic carbocycles. The summed E-state index contributed by atoms with van der Waals surface area (Å²) in [7, 11) is 5.92. The van der Waals surface area contributed by atoms with Gasteiger partial charge in [0.15, 0.2) is 0 Å². The maximum absolute atomic E-state index is 5.51. The number of hydrazine groups is 1. The first-order chi connectivity index (χ1) is 6.56. The van der Waals surface area contributed by atoms with Gasteiger partial charge in [-0.1, -0.05) is 0 Å². The lowest BCUT2D eigenvalue weighted by atomic mass is 10.2. The van der Waals surface area contributed by atoms with Crippen molar-refractivity contribution >= 4 is 15.9 Å². The Morgan fingerprint density at radius 3 is 2.71 bits per heavy atom. The summed E-state index contributed by atoms with van der Waals surface area (Å²) in [5.41, 5.74) is 3.84. The van der Waals surface area contributed by atoms with Gasteiger partial charge in [-0.15, -0.1) is 0 Å². The Balaban J connectivity index is 2.88. The number of likely N-dealkylation sites (N-methyl/N-ethyl adjacent to an activating group) is 1. The number of hydrogen-bond acceptors (Lipinski definition) is 4. The van der Waals surface area contributed by atoms with Crippen LogP contribution in [-0.2, 0) is 7.05 Å². The zero-order chi connectivity index (χ0) is 10.7. The molecule has 1 aromatic rings. The van der Waals surface area contributed by atoms with Gasteiger partial charge in [-0.3, -0.25) is 16.0 Å². The molecule has 14 heavy (non-hydrogen) atoms. The summed E-state index contributed by atoms with van der Waals surface area (Å²) >= 11 is 3.45. The van der Waals surface area contributed by atoms with E-state index in [2.05, 4.69) is 31.4 Å². The Hall–Kier alpha value is -0.430. The molecular weight excluding hydrogens is 246 g/mol. The summed E-state index contributed by atoms with van der Waals surface area (Å²) in [4.78, 5) is 2.07. The van der Waals surface area contributed by atoms with Gasteiger partial charge in [0.2, 0.25) is 0 Å². The van der Waals surface area contributed by atoms with E-state index in [-0.39, 0.29) is 6.04 Å². The SMILES string of the molecule is CN(C)CC(NN)c1c(Br)cnn1C. The third-order valence-corrected chi connectivity index (χ3v) is 2.63. The van der Waals surface area contributed by atoms with Crippen LogP contribution in [0.15, 0.2) is 10.7 Å². The predicted octanol–water partition coefficient (Wildman–Crippen LogP) is 0.249. The molecule has 0 amide bonds. The van der Waals surface area contributed by atoms with Crippen LogP contribution in [0.4, 0.5) is 0 Å². The van der Waals surface area contributed by atoms with Crippen LogP contribution in [0.2, 0.25) is 0 Å². The van der Waals surface area contributed by atoms with Crippen molar-refractivity contribution in [3.63, 3.8) is 0 Å². The van der Waals surface area contributed by atoms with Gasteiger partial charge in [0, 0.05) is 13.6 Å². The first-order valence-electron chi connectivity index (χ1n) is 4.34. The molecule has 6 heteroatoms. The van der Waals surface area contributed by atoms with Crippen LogP contribution in [0.25, 0.3) is 0 Å². The predicted molar refractivity (Wildman–Crippen MR) is 59.5 cm³/mol. The van der Waals surface area contributed by atoms with E-state index in [9.17, 15) is 0 Å². The molecule has 0 aliphatic heterocycles. The van der Waals surface area contributed by atoms with E-state index in [1.165, 1.54) is 0 Å². The van der Waals surface area contributed by atoms with Crippen LogP contribution in [0.5, 0.6) is 0 Å². The summed E-state index contributed by atoms with van der Waals surface area (Å²) < 4.78 is 2.79. The number of nitrogens with one attached hydrogen (secondary N) is 1.